The van der Waals surface area contributed by atoms with Crippen LogP contribution in [0.4, 0.5) is 5.69 Å². The summed E-state index contributed by atoms with van der Waals surface area (Å²) in [4.78, 5) is 11.7. The third kappa shape index (κ3) is 4.41. The van der Waals surface area contributed by atoms with E-state index in [0.717, 1.165) is 17.8 Å². The number of aryl methyl sites for hydroxylation is 1. The summed E-state index contributed by atoms with van der Waals surface area (Å²) in [6.45, 7) is 9.06. The van der Waals surface area contributed by atoms with Gasteiger partial charge in [0.15, 0.2) is 0 Å². The molecule has 3 nitrogen and oxygen atoms in total. The number of benzene rings is 1. The lowest BCUT2D eigenvalue weighted by atomic mass is 10.1. The van der Waals surface area contributed by atoms with Crippen molar-refractivity contribution < 1.29 is 4.79 Å². The van der Waals surface area contributed by atoms with Crippen LogP contribution < -0.4 is 10.6 Å². The van der Waals surface area contributed by atoms with E-state index < -0.39 is 0 Å². The second-order valence-electron chi connectivity index (χ2n) is 4.04. The van der Waals surface area contributed by atoms with Crippen molar-refractivity contribution in [3.05, 3.63) is 42.0 Å². The molecule has 1 rings (SSSR count). The SMILES string of the molecule is C=CCNCCC(=O)Nc1cccc(C)c1C. The molecule has 0 aromatic heterocycles. The fourth-order valence-electron chi connectivity index (χ4n) is 1.51. The molecule has 0 unspecified atom stereocenters. The zero-order valence-electron chi connectivity index (χ0n) is 10.5. The van der Waals surface area contributed by atoms with Crippen LogP contribution in [0.25, 0.3) is 0 Å². The zero-order chi connectivity index (χ0) is 12.7. The third-order valence-corrected chi connectivity index (χ3v) is 2.70. The van der Waals surface area contributed by atoms with Crippen molar-refractivity contribution in [3.63, 3.8) is 0 Å². The Labute approximate surface area is 103 Å². The lowest BCUT2D eigenvalue weighted by molar-refractivity contribution is -0.116. The second kappa shape index (κ2) is 6.86. The van der Waals surface area contributed by atoms with Crippen LogP contribution in [-0.2, 0) is 4.79 Å². The predicted octanol–water partition coefficient (Wildman–Crippen LogP) is 2.41. The van der Waals surface area contributed by atoms with Gasteiger partial charge < -0.3 is 10.6 Å². The van der Waals surface area contributed by atoms with E-state index >= 15 is 0 Å². The molecular weight excluding hydrogens is 212 g/mol. The molecule has 1 aromatic rings. The molecule has 0 spiro atoms. The van der Waals surface area contributed by atoms with Gasteiger partial charge >= 0.3 is 0 Å². The Morgan fingerprint density at radius 2 is 2.18 bits per heavy atom. The van der Waals surface area contributed by atoms with E-state index in [4.69, 9.17) is 0 Å². The quantitative estimate of drug-likeness (QED) is 0.584. The summed E-state index contributed by atoms with van der Waals surface area (Å²) >= 11 is 0. The molecule has 0 aliphatic heterocycles. The first-order valence-corrected chi connectivity index (χ1v) is 5.83. The van der Waals surface area contributed by atoms with E-state index in [1.807, 2.05) is 32.0 Å². The fourth-order valence-corrected chi connectivity index (χ4v) is 1.51. The Hall–Kier alpha value is -1.61. The van der Waals surface area contributed by atoms with E-state index in [1.54, 1.807) is 6.08 Å². The molecule has 0 heterocycles. The van der Waals surface area contributed by atoms with Gasteiger partial charge in [-0.1, -0.05) is 18.2 Å². The Kier molecular flexibility index (Phi) is 5.43. The number of hydrogen-bond acceptors (Lipinski definition) is 2. The lowest BCUT2D eigenvalue weighted by Gasteiger charge is -2.10. The predicted molar refractivity (Wildman–Crippen MR) is 72.2 cm³/mol. The number of carbonyl (C=O) groups excluding carboxylic acids is 1. The minimum Gasteiger partial charge on any atom is -0.326 e. The van der Waals surface area contributed by atoms with Crippen LogP contribution >= 0.6 is 0 Å². The molecule has 0 aliphatic carbocycles. The average Bonchev–Trinajstić information content (AvgIpc) is 2.31. The summed E-state index contributed by atoms with van der Waals surface area (Å²) in [5.41, 5.74) is 3.21. The van der Waals surface area contributed by atoms with Crippen molar-refractivity contribution in [1.29, 1.82) is 0 Å². The van der Waals surface area contributed by atoms with E-state index in [0.29, 0.717) is 13.0 Å². The minimum absolute atomic E-state index is 0.0373. The third-order valence-electron chi connectivity index (χ3n) is 2.70. The van der Waals surface area contributed by atoms with Gasteiger partial charge in [-0.15, -0.1) is 6.58 Å². The summed E-state index contributed by atoms with van der Waals surface area (Å²) in [6.07, 6.45) is 2.25. The van der Waals surface area contributed by atoms with Gasteiger partial charge in [0.05, 0.1) is 0 Å². The molecule has 0 saturated heterocycles. The highest BCUT2D eigenvalue weighted by atomic mass is 16.1. The normalized spacial score (nSPS) is 10.0. The smallest absolute Gasteiger partial charge is 0.225 e. The average molecular weight is 232 g/mol. The number of rotatable bonds is 6. The van der Waals surface area contributed by atoms with Gasteiger partial charge in [-0.2, -0.15) is 0 Å². The van der Waals surface area contributed by atoms with Crippen molar-refractivity contribution in [1.82, 2.24) is 5.32 Å². The van der Waals surface area contributed by atoms with Crippen LogP contribution in [0.3, 0.4) is 0 Å². The Balaban J connectivity index is 2.45. The molecule has 0 aliphatic rings. The van der Waals surface area contributed by atoms with Gasteiger partial charge in [0.2, 0.25) is 5.91 Å². The van der Waals surface area contributed by atoms with E-state index in [-0.39, 0.29) is 5.91 Å². The molecule has 0 fully saturated rings. The van der Waals surface area contributed by atoms with Crippen molar-refractivity contribution >= 4 is 11.6 Å². The molecule has 0 bridgehead atoms. The summed E-state index contributed by atoms with van der Waals surface area (Å²) in [5, 5.41) is 6.02. The standard InChI is InChI=1S/C14H20N2O/c1-4-9-15-10-8-14(17)16-13-7-5-6-11(2)12(13)3/h4-7,15H,1,8-10H2,2-3H3,(H,16,17). The molecule has 0 atom stereocenters. The zero-order valence-corrected chi connectivity index (χ0v) is 10.5. The number of anilines is 1. The number of nitrogens with one attached hydrogen (secondary N) is 2. The van der Waals surface area contributed by atoms with E-state index in [9.17, 15) is 4.79 Å². The van der Waals surface area contributed by atoms with E-state index in [1.165, 1.54) is 5.56 Å². The molecular formula is C14H20N2O. The van der Waals surface area contributed by atoms with Crippen molar-refractivity contribution in [3.8, 4) is 0 Å². The molecule has 1 aromatic carbocycles. The summed E-state index contributed by atoms with van der Waals surface area (Å²) < 4.78 is 0. The van der Waals surface area contributed by atoms with E-state index in [2.05, 4.69) is 17.2 Å². The Morgan fingerprint density at radius 3 is 2.88 bits per heavy atom. The highest BCUT2D eigenvalue weighted by molar-refractivity contribution is 5.91. The summed E-state index contributed by atoms with van der Waals surface area (Å²) in [5.74, 6) is 0.0373. The first kappa shape index (κ1) is 13.5. The lowest BCUT2D eigenvalue weighted by Crippen LogP contribution is -2.22. The van der Waals surface area contributed by atoms with Crippen molar-refractivity contribution in [2.75, 3.05) is 18.4 Å². The Morgan fingerprint density at radius 1 is 1.41 bits per heavy atom. The van der Waals surface area contributed by atoms with Gasteiger partial charge in [-0.25, -0.2) is 0 Å². The molecule has 1 amide bonds. The maximum atomic E-state index is 11.7. The first-order chi connectivity index (χ1) is 8.15. The molecule has 3 heteroatoms. The van der Waals surface area contributed by atoms with Crippen LogP contribution in [0.1, 0.15) is 17.5 Å². The maximum absolute atomic E-state index is 11.7. The largest absolute Gasteiger partial charge is 0.326 e. The monoisotopic (exact) mass is 232 g/mol. The number of hydrogen-bond donors (Lipinski definition) is 2. The topological polar surface area (TPSA) is 41.1 Å². The minimum atomic E-state index is 0.0373. The molecule has 0 saturated carbocycles. The molecule has 92 valence electrons. The van der Waals surface area contributed by atoms with Crippen molar-refractivity contribution in [2.45, 2.75) is 20.3 Å². The summed E-state index contributed by atoms with van der Waals surface area (Å²) in [6, 6.07) is 5.92. The van der Waals surface area contributed by atoms with Crippen LogP contribution in [0, 0.1) is 13.8 Å². The van der Waals surface area contributed by atoms with Crippen LogP contribution in [-0.4, -0.2) is 19.0 Å². The van der Waals surface area contributed by atoms with Gasteiger partial charge in [0, 0.05) is 25.2 Å². The van der Waals surface area contributed by atoms with Crippen molar-refractivity contribution in [2.24, 2.45) is 0 Å². The second-order valence-corrected chi connectivity index (χ2v) is 4.04. The number of carbonyl (C=O) groups is 1. The fraction of sp³-hybridized carbons (Fsp3) is 0.357. The summed E-state index contributed by atoms with van der Waals surface area (Å²) in [7, 11) is 0. The highest BCUT2D eigenvalue weighted by Gasteiger charge is 2.05. The highest BCUT2D eigenvalue weighted by Crippen LogP contribution is 2.17. The Bertz CT molecular complexity index is 399. The van der Waals surface area contributed by atoms with Gasteiger partial charge in [0.1, 0.15) is 0 Å². The van der Waals surface area contributed by atoms with Crippen LogP contribution in [0.5, 0.6) is 0 Å². The van der Waals surface area contributed by atoms with Gasteiger partial charge in [-0.05, 0) is 31.0 Å². The maximum Gasteiger partial charge on any atom is 0.225 e. The van der Waals surface area contributed by atoms with Crippen LogP contribution in [0.2, 0.25) is 0 Å². The first-order valence-electron chi connectivity index (χ1n) is 5.83. The molecule has 0 radical (unpaired) electrons. The van der Waals surface area contributed by atoms with Gasteiger partial charge in [-0.3, -0.25) is 4.79 Å². The number of amides is 1. The molecule has 17 heavy (non-hydrogen) atoms. The van der Waals surface area contributed by atoms with Crippen LogP contribution in [0.15, 0.2) is 30.9 Å². The molecule has 2 N–H and O–H groups in total. The van der Waals surface area contributed by atoms with Gasteiger partial charge in [0.25, 0.3) is 0 Å².